The summed E-state index contributed by atoms with van der Waals surface area (Å²) in [5.41, 5.74) is 2.69. The smallest absolute Gasteiger partial charge is 0.416 e. The summed E-state index contributed by atoms with van der Waals surface area (Å²) in [5, 5.41) is 0. The van der Waals surface area contributed by atoms with Gasteiger partial charge in [-0.15, -0.1) is 0 Å². The second-order valence-electron chi connectivity index (χ2n) is 6.29. The van der Waals surface area contributed by atoms with Crippen LogP contribution in [-0.2, 0) is 25.6 Å². The van der Waals surface area contributed by atoms with Crippen molar-refractivity contribution >= 4 is 28.8 Å². The number of aryl methyl sites for hydroxylation is 1. The summed E-state index contributed by atoms with van der Waals surface area (Å²) in [6.45, 7) is 1.44. The molecule has 0 fully saturated rings. The molecule has 9 heteroatoms. The van der Waals surface area contributed by atoms with Crippen LogP contribution in [0.3, 0.4) is 0 Å². The lowest BCUT2D eigenvalue weighted by Gasteiger charge is -2.23. The molecule has 2 aromatic carbocycles. The van der Waals surface area contributed by atoms with Gasteiger partial charge in [0, 0.05) is 7.11 Å². The van der Waals surface area contributed by atoms with Crippen molar-refractivity contribution < 1.29 is 33.0 Å². The molecule has 1 amide bonds. The van der Waals surface area contributed by atoms with Gasteiger partial charge in [0.05, 0.1) is 12.8 Å². The first kappa shape index (κ1) is 21.1. The largest absolute Gasteiger partial charge is 0.484 e. The van der Waals surface area contributed by atoms with Gasteiger partial charge in [0.1, 0.15) is 17.9 Å². The van der Waals surface area contributed by atoms with Crippen molar-refractivity contribution in [1.29, 1.82) is 0 Å². The minimum atomic E-state index is -0.663. The third-order valence-corrected chi connectivity index (χ3v) is 4.17. The van der Waals surface area contributed by atoms with E-state index in [2.05, 4.69) is 4.98 Å². The van der Waals surface area contributed by atoms with E-state index in [1.54, 1.807) is 25.1 Å². The average Bonchev–Trinajstić information content (AvgIpc) is 3.16. The number of carbonyl (C=O) groups excluding carboxylic acids is 2. The number of para-hydroxylation sites is 2. The Labute approximate surface area is 173 Å². The molecule has 9 nitrogen and oxygen atoms in total. The van der Waals surface area contributed by atoms with E-state index in [1.165, 1.54) is 19.1 Å². The Morgan fingerprint density at radius 2 is 1.93 bits per heavy atom. The molecule has 3 aromatic rings. The molecule has 0 saturated carbocycles. The molecule has 158 valence electrons. The number of carbonyl (C=O) groups is 2. The average molecular weight is 414 g/mol. The van der Waals surface area contributed by atoms with Crippen LogP contribution in [0.4, 0.5) is 10.5 Å². The molecule has 1 aromatic heterocycles. The molecule has 0 aliphatic carbocycles. The Balaban J connectivity index is 1.69. The van der Waals surface area contributed by atoms with Crippen molar-refractivity contribution in [3.8, 4) is 5.75 Å². The van der Waals surface area contributed by atoms with Crippen LogP contribution in [0.2, 0.25) is 0 Å². The molecule has 0 saturated heterocycles. The van der Waals surface area contributed by atoms with Gasteiger partial charge in [-0.3, -0.25) is 0 Å². The van der Waals surface area contributed by atoms with Crippen LogP contribution in [0, 0.1) is 6.92 Å². The van der Waals surface area contributed by atoms with Gasteiger partial charge in [-0.1, -0.05) is 12.1 Å². The van der Waals surface area contributed by atoms with Crippen LogP contribution in [0.1, 0.15) is 11.5 Å². The van der Waals surface area contributed by atoms with E-state index in [4.69, 9.17) is 23.4 Å². The number of ether oxygens (including phenoxy) is 4. The van der Waals surface area contributed by atoms with Crippen LogP contribution in [0.15, 0.2) is 46.9 Å². The lowest BCUT2D eigenvalue weighted by Crippen LogP contribution is -2.35. The number of anilines is 1. The molecule has 3 rings (SSSR count). The molecular formula is C21H22N2O7. The molecule has 0 bridgehead atoms. The summed E-state index contributed by atoms with van der Waals surface area (Å²) in [6, 6.07) is 12.6. The SMILES string of the molecule is COCC(=O)OCN(C(=O)OC)c1ccc(OCc2nc3ccccc3o2)cc1C. The highest BCUT2D eigenvalue weighted by atomic mass is 16.6. The first-order valence-corrected chi connectivity index (χ1v) is 9.09. The fourth-order valence-corrected chi connectivity index (χ4v) is 2.77. The van der Waals surface area contributed by atoms with E-state index in [0.29, 0.717) is 22.9 Å². The molecule has 0 unspecified atom stereocenters. The Bertz CT molecular complexity index is 998. The van der Waals surface area contributed by atoms with Crippen LogP contribution in [-0.4, -0.2) is 44.6 Å². The fraction of sp³-hybridized carbons (Fsp3) is 0.286. The van der Waals surface area contributed by atoms with E-state index in [9.17, 15) is 9.59 Å². The standard InChI is InChI=1S/C21H22N2O7/c1-14-10-15(28-11-19-22-16-6-4-5-7-18(16)30-19)8-9-17(14)23(21(25)27-3)13-29-20(24)12-26-2/h4-10H,11-13H2,1-3H3. The molecule has 0 spiro atoms. The van der Waals surface area contributed by atoms with E-state index >= 15 is 0 Å². The van der Waals surface area contributed by atoms with Crippen molar-refractivity contribution in [2.45, 2.75) is 13.5 Å². The zero-order chi connectivity index (χ0) is 21.5. The summed E-state index contributed by atoms with van der Waals surface area (Å²) in [6.07, 6.45) is -0.663. The number of aromatic nitrogens is 1. The van der Waals surface area contributed by atoms with Crippen molar-refractivity contribution in [2.75, 3.05) is 32.5 Å². The highest BCUT2D eigenvalue weighted by molar-refractivity contribution is 5.88. The molecule has 0 aliphatic heterocycles. The van der Waals surface area contributed by atoms with Crippen molar-refractivity contribution in [3.05, 3.63) is 53.9 Å². The maximum atomic E-state index is 12.1. The van der Waals surface area contributed by atoms with Gasteiger partial charge in [-0.05, 0) is 42.8 Å². The van der Waals surface area contributed by atoms with Gasteiger partial charge in [-0.25, -0.2) is 19.5 Å². The van der Waals surface area contributed by atoms with Crippen LogP contribution < -0.4 is 9.64 Å². The molecule has 1 heterocycles. The number of hydrogen-bond donors (Lipinski definition) is 0. The number of benzene rings is 2. The molecule has 0 aliphatic rings. The third kappa shape index (κ3) is 5.06. The highest BCUT2D eigenvalue weighted by Crippen LogP contribution is 2.26. The quantitative estimate of drug-likeness (QED) is 0.408. The van der Waals surface area contributed by atoms with E-state index in [1.807, 2.05) is 24.3 Å². The third-order valence-electron chi connectivity index (χ3n) is 4.17. The number of hydrogen-bond acceptors (Lipinski definition) is 8. The maximum absolute atomic E-state index is 12.1. The highest BCUT2D eigenvalue weighted by Gasteiger charge is 2.20. The van der Waals surface area contributed by atoms with Gasteiger partial charge in [0.25, 0.3) is 0 Å². The number of amides is 1. The Morgan fingerprint density at radius 1 is 1.13 bits per heavy atom. The van der Waals surface area contributed by atoms with Gasteiger partial charge < -0.3 is 23.4 Å². The second kappa shape index (κ2) is 9.75. The van der Waals surface area contributed by atoms with E-state index < -0.39 is 12.1 Å². The fourth-order valence-electron chi connectivity index (χ4n) is 2.77. The topological polar surface area (TPSA) is 100 Å². The van der Waals surface area contributed by atoms with Crippen molar-refractivity contribution in [3.63, 3.8) is 0 Å². The number of methoxy groups -OCH3 is 2. The summed E-state index contributed by atoms with van der Waals surface area (Å²) in [7, 11) is 2.63. The van der Waals surface area contributed by atoms with Gasteiger partial charge >= 0.3 is 12.1 Å². The first-order valence-electron chi connectivity index (χ1n) is 9.09. The monoisotopic (exact) mass is 414 g/mol. The zero-order valence-electron chi connectivity index (χ0n) is 16.9. The first-order chi connectivity index (χ1) is 14.5. The number of oxazole rings is 1. The summed E-state index contributed by atoms with van der Waals surface area (Å²) in [4.78, 5) is 29.3. The maximum Gasteiger partial charge on any atom is 0.416 e. The lowest BCUT2D eigenvalue weighted by molar-refractivity contribution is -0.147. The van der Waals surface area contributed by atoms with Gasteiger partial charge in [0.15, 0.2) is 18.9 Å². The van der Waals surface area contributed by atoms with Crippen molar-refractivity contribution in [1.82, 2.24) is 4.98 Å². The number of esters is 1. The van der Waals surface area contributed by atoms with Crippen molar-refractivity contribution in [2.24, 2.45) is 0 Å². The molecule has 0 N–H and O–H groups in total. The minimum Gasteiger partial charge on any atom is -0.484 e. The predicted molar refractivity (Wildman–Crippen MR) is 107 cm³/mol. The number of fused-ring (bicyclic) bond motifs is 1. The summed E-state index contributed by atoms with van der Waals surface area (Å²) in [5.74, 6) is 0.432. The second-order valence-corrected chi connectivity index (χ2v) is 6.29. The Kier molecular flexibility index (Phi) is 6.87. The van der Waals surface area contributed by atoms with Gasteiger partial charge in [-0.2, -0.15) is 0 Å². The lowest BCUT2D eigenvalue weighted by atomic mass is 10.2. The molecule has 0 atom stereocenters. The number of rotatable bonds is 8. The molecule has 30 heavy (non-hydrogen) atoms. The zero-order valence-corrected chi connectivity index (χ0v) is 16.9. The molecular weight excluding hydrogens is 392 g/mol. The minimum absolute atomic E-state index is 0.156. The van der Waals surface area contributed by atoms with Gasteiger partial charge in [0.2, 0.25) is 5.89 Å². The Morgan fingerprint density at radius 3 is 2.63 bits per heavy atom. The normalized spacial score (nSPS) is 10.6. The predicted octanol–water partition coefficient (Wildman–Crippen LogP) is 3.44. The summed E-state index contributed by atoms with van der Waals surface area (Å²) < 4.78 is 26.0. The van der Waals surface area contributed by atoms with Crippen LogP contribution in [0.25, 0.3) is 11.1 Å². The Hall–Kier alpha value is -3.59. The molecule has 0 radical (unpaired) electrons. The number of nitrogens with zero attached hydrogens (tertiary/aromatic N) is 2. The van der Waals surface area contributed by atoms with Crippen LogP contribution >= 0.6 is 0 Å². The summed E-state index contributed by atoms with van der Waals surface area (Å²) >= 11 is 0. The van der Waals surface area contributed by atoms with Crippen LogP contribution in [0.5, 0.6) is 5.75 Å². The van der Waals surface area contributed by atoms with E-state index in [-0.39, 0.29) is 19.9 Å². The van der Waals surface area contributed by atoms with E-state index in [0.717, 1.165) is 11.1 Å².